The van der Waals surface area contributed by atoms with Crippen molar-refractivity contribution >= 4 is 32.8 Å². The minimum atomic E-state index is -1.03. The fourth-order valence-electron chi connectivity index (χ4n) is 1.99. The molecule has 6 heteroatoms. The van der Waals surface area contributed by atoms with E-state index < -0.39 is 18.2 Å². The first kappa shape index (κ1) is 14.0. The van der Waals surface area contributed by atoms with E-state index in [2.05, 4.69) is 20.9 Å². The van der Waals surface area contributed by atoms with Gasteiger partial charge in [0.05, 0.1) is 11.7 Å². The van der Waals surface area contributed by atoms with E-state index >= 15 is 0 Å². The van der Waals surface area contributed by atoms with Crippen molar-refractivity contribution in [3.63, 3.8) is 0 Å². The first-order chi connectivity index (χ1) is 9.04. The van der Waals surface area contributed by atoms with Gasteiger partial charge in [0, 0.05) is 22.4 Å². The number of carboxylic acids is 1. The fraction of sp³-hybridized carbons (Fsp3) is 0.308. The van der Waals surface area contributed by atoms with Gasteiger partial charge >= 0.3 is 5.97 Å². The number of carboxylic acid groups (broad SMARTS) is 1. The maximum atomic E-state index is 11.1. The number of alkyl halides is 1. The number of aromatic nitrogens is 1. The number of halogens is 1. The second-order valence-corrected chi connectivity index (χ2v) is 5.10. The molecule has 0 aliphatic carbocycles. The van der Waals surface area contributed by atoms with Crippen LogP contribution in [0.4, 0.5) is 0 Å². The summed E-state index contributed by atoms with van der Waals surface area (Å²) in [6, 6.07) is 4.96. The number of benzene rings is 1. The Morgan fingerprint density at radius 1 is 1.37 bits per heavy atom. The third-order valence-electron chi connectivity index (χ3n) is 3.05. The van der Waals surface area contributed by atoms with Crippen molar-refractivity contribution in [1.82, 2.24) is 4.98 Å². The van der Waals surface area contributed by atoms with Crippen LogP contribution in [-0.4, -0.2) is 37.7 Å². The van der Waals surface area contributed by atoms with E-state index in [0.717, 1.165) is 0 Å². The van der Waals surface area contributed by atoms with Gasteiger partial charge in [-0.1, -0.05) is 22.0 Å². The minimum absolute atomic E-state index is 0.152. The van der Waals surface area contributed by atoms with Crippen molar-refractivity contribution in [3.8, 4) is 0 Å². The van der Waals surface area contributed by atoms with Crippen molar-refractivity contribution in [2.45, 2.75) is 18.6 Å². The SMILES string of the molecule is O=C(O)c1c[nH]c2ccc(C(O)C(O)CCBr)cc12. The first-order valence-electron chi connectivity index (χ1n) is 5.81. The lowest BCUT2D eigenvalue weighted by Crippen LogP contribution is -2.18. The number of hydrogen-bond donors (Lipinski definition) is 4. The number of fused-ring (bicyclic) bond motifs is 1. The van der Waals surface area contributed by atoms with Crippen molar-refractivity contribution in [1.29, 1.82) is 0 Å². The van der Waals surface area contributed by atoms with E-state index in [1.165, 1.54) is 6.20 Å². The summed E-state index contributed by atoms with van der Waals surface area (Å²) in [5.41, 5.74) is 1.34. The zero-order valence-electron chi connectivity index (χ0n) is 10.0. The van der Waals surface area contributed by atoms with Crippen LogP contribution in [0.3, 0.4) is 0 Å². The average Bonchev–Trinajstić information content (AvgIpc) is 2.80. The molecule has 19 heavy (non-hydrogen) atoms. The van der Waals surface area contributed by atoms with Crippen LogP contribution in [0.25, 0.3) is 10.9 Å². The summed E-state index contributed by atoms with van der Waals surface area (Å²) in [7, 11) is 0. The number of carbonyl (C=O) groups is 1. The summed E-state index contributed by atoms with van der Waals surface area (Å²) < 4.78 is 0. The van der Waals surface area contributed by atoms with E-state index in [1.807, 2.05) is 0 Å². The van der Waals surface area contributed by atoms with Crippen molar-refractivity contribution in [2.24, 2.45) is 0 Å². The highest BCUT2D eigenvalue weighted by Crippen LogP contribution is 2.25. The Kier molecular flexibility index (Phi) is 4.24. The molecule has 0 bridgehead atoms. The fourth-order valence-corrected chi connectivity index (χ4v) is 2.46. The van der Waals surface area contributed by atoms with E-state index in [0.29, 0.717) is 28.2 Å². The second-order valence-electron chi connectivity index (χ2n) is 4.30. The molecule has 0 saturated carbocycles. The normalized spacial score (nSPS) is 14.5. The first-order valence-corrected chi connectivity index (χ1v) is 6.93. The molecular weight excluding hydrogens is 314 g/mol. The Bertz CT molecular complexity index is 595. The Balaban J connectivity index is 2.39. The third kappa shape index (κ3) is 2.80. The van der Waals surface area contributed by atoms with Gasteiger partial charge in [-0.05, 0) is 24.1 Å². The highest BCUT2D eigenvalue weighted by Gasteiger charge is 2.19. The van der Waals surface area contributed by atoms with Crippen LogP contribution >= 0.6 is 15.9 Å². The highest BCUT2D eigenvalue weighted by molar-refractivity contribution is 9.09. The molecule has 0 saturated heterocycles. The zero-order valence-corrected chi connectivity index (χ0v) is 11.6. The molecule has 1 aromatic carbocycles. The number of nitrogens with one attached hydrogen (secondary N) is 1. The molecule has 0 spiro atoms. The topological polar surface area (TPSA) is 93.5 Å². The van der Waals surface area contributed by atoms with Gasteiger partial charge in [0.1, 0.15) is 6.10 Å². The maximum absolute atomic E-state index is 11.1. The van der Waals surface area contributed by atoms with Crippen molar-refractivity contribution in [2.75, 3.05) is 5.33 Å². The largest absolute Gasteiger partial charge is 0.478 e. The Morgan fingerprint density at radius 3 is 2.74 bits per heavy atom. The summed E-state index contributed by atoms with van der Waals surface area (Å²) in [6.45, 7) is 0. The maximum Gasteiger partial charge on any atom is 0.337 e. The van der Waals surface area contributed by atoms with Crippen LogP contribution in [0.1, 0.15) is 28.4 Å². The Labute approximate surface area is 118 Å². The molecule has 2 aromatic rings. The van der Waals surface area contributed by atoms with Gasteiger partial charge in [-0.3, -0.25) is 0 Å². The Morgan fingerprint density at radius 2 is 2.11 bits per heavy atom. The molecule has 5 nitrogen and oxygen atoms in total. The molecule has 2 unspecified atom stereocenters. The third-order valence-corrected chi connectivity index (χ3v) is 3.50. The van der Waals surface area contributed by atoms with E-state index in [1.54, 1.807) is 18.2 Å². The van der Waals surface area contributed by atoms with Gasteiger partial charge in [-0.2, -0.15) is 0 Å². The number of hydrogen-bond acceptors (Lipinski definition) is 3. The van der Waals surface area contributed by atoms with Gasteiger partial charge in [0.2, 0.25) is 0 Å². The molecule has 0 aliphatic rings. The summed E-state index contributed by atoms with van der Waals surface area (Å²) in [5.74, 6) is -1.03. The minimum Gasteiger partial charge on any atom is -0.478 e. The lowest BCUT2D eigenvalue weighted by molar-refractivity contribution is 0.0174. The quantitative estimate of drug-likeness (QED) is 0.632. The standard InChI is InChI=1S/C13H14BrNO4/c14-4-3-11(16)12(17)7-1-2-10-8(5-7)9(6-15-10)13(18)19/h1-2,5-6,11-12,15-17H,3-4H2,(H,18,19). The molecular formula is C13H14BrNO4. The predicted molar refractivity (Wildman–Crippen MR) is 74.6 cm³/mol. The second kappa shape index (κ2) is 5.73. The highest BCUT2D eigenvalue weighted by atomic mass is 79.9. The molecule has 4 N–H and O–H groups in total. The smallest absolute Gasteiger partial charge is 0.337 e. The number of aliphatic hydroxyl groups is 2. The van der Waals surface area contributed by atoms with Gasteiger partial charge in [-0.25, -0.2) is 4.79 Å². The zero-order chi connectivity index (χ0) is 14.0. The number of aromatic carboxylic acids is 1. The van der Waals surface area contributed by atoms with Crippen LogP contribution in [-0.2, 0) is 0 Å². The molecule has 1 aromatic heterocycles. The van der Waals surface area contributed by atoms with Gasteiger partial charge < -0.3 is 20.3 Å². The molecule has 102 valence electrons. The van der Waals surface area contributed by atoms with E-state index in [4.69, 9.17) is 5.11 Å². The summed E-state index contributed by atoms with van der Waals surface area (Å²) >= 11 is 3.20. The van der Waals surface area contributed by atoms with Crippen molar-refractivity contribution < 1.29 is 20.1 Å². The number of aliphatic hydroxyl groups excluding tert-OH is 2. The van der Waals surface area contributed by atoms with Crippen molar-refractivity contribution in [3.05, 3.63) is 35.5 Å². The monoisotopic (exact) mass is 327 g/mol. The van der Waals surface area contributed by atoms with E-state index in [9.17, 15) is 15.0 Å². The molecule has 0 aliphatic heterocycles. The lowest BCUT2D eigenvalue weighted by atomic mass is 10.0. The van der Waals surface area contributed by atoms with Crippen LogP contribution in [0.15, 0.2) is 24.4 Å². The van der Waals surface area contributed by atoms with Crippen LogP contribution in [0, 0.1) is 0 Å². The average molecular weight is 328 g/mol. The van der Waals surface area contributed by atoms with Crippen LogP contribution in [0.5, 0.6) is 0 Å². The lowest BCUT2D eigenvalue weighted by Gasteiger charge is -2.17. The predicted octanol–water partition coefficient (Wildman–Crippen LogP) is 2.05. The molecule has 2 rings (SSSR count). The molecule has 1 heterocycles. The number of aromatic amines is 1. The number of H-pyrrole nitrogens is 1. The van der Waals surface area contributed by atoms with Crippen LogP contribution < -0.4 is 0 Å². The summed E-state index contributed by atoms with van der Waals surface area (Å²) in [4.78, 5) is 13.9. The van der Waals surface area contributed by atoms with Crippen LogP contribution in [0.2, 0.25) is 0 Å². The number of rotatable bonds is 5. The van der Waals surface area contributed by atoms with E-state index in [-0.39, 0.29) is 5.56 Å². The molecule has 0 amide bonds. The summed E-state index contributed by atoms with van der Waals surface area (Å²) in [5, 5.41) is 29.9. The van der Waals surface area contributed by atoms with Gasteiger partial charge in [0.15, 0.2) is 0 Å². The molecule has 0 fully saturated rings. The van der Waals surface area contributed by atoms with Gasteiger partial charge in [0.25, 0.3) is 0 Å². The van der Waals surface area contributed by atoms with Gasteiger partial charge in [-0.15, -0.1) is 0 Å². The molecule has 2 atom stereocenters. The summed E-state index contributed by atoms with van der Waals surface area (Å²) in [6.07, 6.45) is -0.0848. The Hall–Kier alpha value is -1.37. The molecule has 0 radical (unpaired) electrons.